The zero-order valence-electron chi connectivity index (χ0n) is 9.17. The molecule has 0 radical (unpaired) electrons. The molecule has 0 amide bonds. The molecule has 3 N–H and O–H groups in total. The van der Waals surface area contributed by atoms with E-state index >= 15 is 0 Å². The van der Waals surface area contributed by atoms with Crippen LogP contribution < -0.4 is 11.1 Å². The van der Waals surface area contributed by atoms with Crippen molar-refractivity contribution in [3.63, 3.8) is 0 Å². The third-order valence-corrected chi connectivity index (χ3v) is 3.44. The van der Waals surface area contributed by atoms with Crippen molar-refractivity contribution < 1.29 is 0 Å². The van der Waals surface area contributed by atoms with Gasteiger partial charge < -0.3 is 20.9 Å². The summed E-state index contributed by atoms with van der Waals surface area (Å²) in [6, 6.07) is 0.0506. The second kappa shape index (κ2) is 4.70. The number of hydrogen-bond acceptors (Lipinski definition) is 4. The Kier molecular flexibility index (Phi) is 3.51. The predicted octanol–water partition coefficient (Wildman–Crippen LogP) is -0.385. The van der Waals surface area contributed by atoms with Gasteiger partial charge in [-0.1, -0.05) is 11.6 Å². The summed E-state index contributed by atoms with van der Waals surface area (Å²) in [6.07, 6.45) is 0. The fourth-order valence-electron chi connectivity index (χ4n) is 2.18. The first-order valence-electron chi connectivity index (χ1n) is 5.47. The van der Waals surface area contributed by atoms with E-state index in [-0.39, 0.29) is 6.04 Å². The molecule has 2 aliphatic rings. The number of hydrogen-bond donors (Lipinski definition) is 2. The Morgan fingerprint density at radius 1 is 1.33 bits per heavy atom. The number of piperazine rings is 1. The van der Waals surface area contributed by atoms with E-state index in [1.165, 1.54) is 0 Å². The molecular formula is C10H19ClN4. The Labute approximate surface area is 96.0 Å². The average Bonchev–Trinajstić information content (AvgIpc) is 2.20. The van der Waals surface area contributed by atoms with Crippen LogP contribution in [0.3, 0.4) is 0 Å². The highest BCUT2D eigenvalue weighted by Crippen LogP contribution is 2.20. The predicted molar refractivity (Wildman–Crippen MR) is 62.8 cm³/mol. The molecule has 0 aromatic rings. The summed E-state index contributed by atoms with van der Waals surface area (Å²) in [5.74, 6) is 0. The van der Waals surface area contributed by atoms with E-state index in [1.54, 1.807) is 0 Å². The molecule has 0 spiro atoms. The van der Waals surface area contributed by atoms with Crippen LogP contribution >= 0.6 is 11.6 Å². The highest BCUT2D eigenvalue weighted by molar-refractivity contribution is 6.30. The molecule has 2 rings (SSSR count). The lowest BCUT2D eigenvalue weighted by Crippen LogP contribution is -2.51. The van der Waals surface area contributed by atoms with Crippen LogP contribution in [0.2, 0.25) is 0 Å². The van der Waals surface area contributed by atoms with E-state index < -0.39 is 0 Å². The topological polar surface area (TPSA) is 44.5 Å². The minimum absolute atomic E-state index is 0.0506. The standard InChI is InChI=1S/C10H19ClN4/c1-14-2-4-15(5-3-14)10-8(11)6-13-7-9(10)12/h9,13H,2-7,12H2,1H3. The molecule has 4 nitrogen and oxygen atoms in total. The van der Waals surface area contributed by atoms with Crippen LogP contribution in [0.15, 0.2) is 10.7 Å². The molecule has 2 heterocycles. The van der Waals surface area contributed by atoms with E-state index in [1.807, 2.05) is 0 Å². The summed E-state index contributed by atoms with van der Waals surface area (Å²) in [7, 11) is 2.15. The van der Waals surface area contributed by atoms with Crippen molar-refractivity contribution in [2.45, 2.75) is 6.04 Å². The molecule has 1 fully saturated rings. The maximum Gasteiger partial charge on any atom is 0.0585 e. The van der Waals surface area contributed by atoms with Gasteiger partial charge >= 0.3 is 0 Å². The van der Waals surface area contributed by atoms with Gasteiger partial charge in [0.05, 0.1) is 11.1 Å². The molecular weight excluding hydrogens is 212 g/mol. The molecule has 0 aromatic carbocycles. The Bertz CT molecular complexity index is 258. The van der Waals surface area contributed by atoms with Gasteiger partial charge in [-0.3, -0.25) is 0 Å². The molecule has 0 aliphatic carbocycles. The lowest BCUT2D eigenvalue weighted by atomic mass is 10.1. The molecule has 1 unspecified atom stereocenters. The van der Waals surface area contributed by atoms with Crippen LogP contribution in [0.4, 0.5) is 0 Å². The van der Waals surface area contributed by atoms with Gasteiger partial charge in [0.15, 0.2) is 0 Å². The van der Waals surface area contributed by atoms with Crippen molar-refractivity contribution in [3.05, 3.63) is 10.7 Å². The van der Waals surface area contributed by atoms with Crippen LogP contribution in [0.25, 0.3) is 0 Å². The molecule has 1 atom stereocenters. The van der Waals surface area contributed by atoms with Gasteiger partial charge in [0.1, 0.15) is 0 Å². The summed E-state index contributed by atoms with van der Waals surface area (Å²) in [5, 5.41) is 4.10. The Morgan fingerprint density at radius 3 is 2.60 bits per heavy atom. The van der Waals surface area contributed by atoms with E-state index in [0.29, 0.717) is 0 Å². The second-order valence-corrected chi connectivity index (χ2v) is 4.77. The summed E-state index contributed by atoms with van der Waals surface area (Å²) in [5.41, 5.74) is 7.23. The molecule has 15 heavy (non-hydrogen) atoms. The van der Waals surface area contributed by atoms with Crippen molar-refractivity contribution in [2.24, 2.45) is 5.73 Å². The Hall–Kier alpha value is -0.290. The molecule has 86 valence electrons. The van der Waals surface area contributed by atoms with Crippen molar-refractivity contribution in [2.75, 3.05) is 46.3 Å². The quantitative estimate of drug-likeness (QED) is 0.645. The summed E-state index contributed by atoms with van der Waals surface area (Å²) in [6.45, 7) is 5.85. The first kappa shape index (κ1) is 11.2. The first-order chi connectivity index (χ1) is 7.18. The SMILES string of the molecule is CN1CCN(C2=C(Cl)CNCC2N)CC1. The maximum absolute atomic E-state index is 6.23. The number of nitrogens with zero attached hydrogens (tertiary/aromatic N) is 2. The van der Waals surface area contributed by atoms with E-state index in [2.05, 4.69) is 22.2 Å². The monoisotopic (exact) mass is 230 g/mol. The number of nitrogens with one attached hydrogen (secondary N) is 1. The average molecular weight is 231 g/mol. The minimum atomic E-state index is 0.0506. The van der Waals surface area contributed by atoms with Crippen LogP contribution in [-0.2, 0) is 0 Å². The number of halogens is 1. The fourth-order valence-corrected chi connectivity index (χ4v) is 2.53. The third kappa shape index (κ3) is 2.45. The summed E-state index contributed by atoms with van der Waals surface area (Å²) in [4.78, 5) is 4.67. The van der Waals surface area contributed by atoms with Gasteiger partial charge in [0.25, 0.3) is 0 Å². The smallest absolute Gasteiger partial charge is 0.0585 e. The van der Waals surface area contributed by atoms with Gasteiger partial charge in [0, 0.05) is 45.0 Å². The lowest BCUT2D eigenvalue weighted by Gasteiger charge is -2.39. The van der Waals surface area contributed by atoms with Crippen LogP contribution in [0.5, 0.6) is 0 Å². The van der Waals surface area contributed by atoms with Gasteiger partial charge in [-0.2, -0.15) is 0 Å². The normalized spacial score (nSPS) is 29.8. The summed E-state index contributed by atoms with van der Waals surface area (Å²) >= 11 is 6.23. The van der Waals surface area contributed by atoms with Gasteiger partial charge in [-0.25, -0.2) is 0 Å². The van der Waals surface area contributed by atoms with Crippen molar-refractivity contribution >= 4 is 11.6 Å². The van der Waals surface area contributed by atoms with Gasteiger partial charge in [-0.05, 0) is 7.05 Å². The zero-order valence-corrected chi connectivity index (χ0v) is 9.93. The summed E-state index contributed by atoms with van der Waals surface area (Å²) < 4.78 is 0. The van der Waals surface area contributed by atoms with Gasteiger partial charge in [0.2, 0.25) is 0 Å². The molecule has 1 saturated heterocycles. The van der Waals surface area contributed by atoms with Crippen LogP contribution in [0.1, 0.15) is 0 Å². The highest BCUT2D eigenvalue weighted by Gasteiger charge is 2.25. The molecule has 0 aromatic heterocycles. The second-order valence-electron chi connectivity index (χ2n) is 4.32. The van der Waals surface area contributed by atoms with Gasteiger partial charge in [-0.15, -0.1) is 0 Å². The van der Waals surface area contributed by atoms with Crippen molar-refractivity contribution in [1.82, 2.24) is 15.1 Å². The molecule has 5 heteroatoms. The Balaban J connectivity index is 2.08. The number of nitrogens with two attached hydrogens (primary N) is 1. The molecule has 2 aliphatic heterocycles. The highest BCUT2D eigenvalue weighted by atomic mass is 35.5. The van der Waals surface area contributed by atoms with Crippen LogP contribution in [-0.4, -0.2) is 62.2 Å². The maximum atomic E-state index is 6.23. The Morgan fingerprint density at radius 2 is 2.00 bits per heavy atom. The van der Waals surface area contributed by atoms with E-state index in [9.17, 15) is 0 Å². The number of likely N-dealkylation sites (N-methyl/N-ethyl adjacent to an activating group) is 1. The van der Waals surface area contributed by atoms with Crippen LogP contribution in [0, 0.1) is 0 Å². The molecule has 0 saturated carbocycles. The van der Waals surface area contributed by atoms with E-state index in [4.69, 9.17) is 17.3 Å². The third-order valence-electron chi connectivity index (χ3n) is 3.12. The minimum Gasteiger partial charge on any atom is -0.370 e. The fraction of sp³-hybridized carbons (Fsp3) is 0.800. The zero-order chi connectivity index (χ0) is 10.8. The van der Waals surface area contributed by atoms with E-state index in [0.717, 1.165) is 50.0 Å². The lowest BCUT2D eigenvalue weighted by molar-refractivity contribution is 0.176. The number of rotatable bonds is 1. The largest absolute Gasteiger partial charge is 0.370 e. The van der Waals surface area contributed by atoms with Crippen molar-refractivity contribution in [1.29, 1.82) is 0 Å². The van der Waals surface area contributed by atoms with Crippen molar-refractivity contribution in [3.8, 4) is 0 Å². The molecule has 0 bridgehead atoms. The first-order valence-corrected chi connectivity index (χ1v) is 5.84.